The Balaban J connectivity index is 2.02. The summed E-state index contributed by atoms with van der Waals surface area (Å²) in [6.45, 7) is 8.15. The molecule has 0 bridgehead atoms. The van der Waals surface area contributed by atoms with Gasteiger partial charge in [0, 0.05) is 11.8 Å². The van der Waals surface area contributed by atoms with E-state index < -0.39 is 31.7 Å². The summed E-state index contributed by atoms with van der Waals surface area (Å²) >= 11 is 0. The van der Waals surface area contributed by atoms with Gasteiger partial charge in [-0.05, 0) is 33.6 Å². The summed E-state index contributed by atoms with van der Waals surface area (Å²) in [5.74, 6) is 0. The summed E-state index contributed by atoms with van der Waals surface area (Å²) in [5, 5.41) is 13.7. The lowest BCUT2D eigenvalue weighted by Gasteiger charge is -2.46. The fourth-order valence-electron chi connectivity index (χ4n) is 5.15. The summed E-state index contributed by atoms with van der Waals surface area (Å²) < 4.78 is 7.66. The number of aryl methyl sites for hydroxylation is 1. The normalized spacial score (nSPS) is 18.9. The first-order chi connectivity index (χ1) is 15.7. The number of nitrogens with one attached hydrogen (secondary N) is 1. The smallest absolute Gasteiger partial charge is 0.330 e. The molecule has 0 amide bonds. The lowest BCUT2D eigenvalue weighted by molar-refractivity contribution is -0.0122. The summed E-state index contributed by atoms with van der Waals surface area (Å²) in [4.78, 5) is 26.9. The van der Waals surface area contributed by atoms with Crippen molar-refractivity contribution in [3.05, 3.63) is 105 Å². The largest absolute Gasteiger partial charge is 0.393 e. The van der Waals surface area contributed by atoms with Crippen molar-refractivity contribution in [2.75, 3.05) is 6.61 Å². The molecule has 1 aromatic heterocycles. The minimum atomic E-state index is -2.73. The standard InChI is InChI=1S/C26H30N2O4Si/c1-18-16-28(25(31)27-24(18)30)23-15-22(21(17-29)32-23)33(26(2,3)4,19-11-7-5-8-12-19)20-13-9-6-10-14-20/h5-16,21,23,29H,17H2,1-4H3,(H,27,30,31)/t21-,23-/m1/s1. The lowest BCUT2D eigenvalue weighted by atomic mass is 10.2. The number of hydrogen-bond donors (Lipinski definition) is 2. The van der Waals surface area contributed by atoms with Gasteiger partial charge in [-0.15, -0.1) is 0 Å². The predicted octanol–water partition coefficient (Wildman–Crippen LogP) is 2.26. The van der Waals surface area contributed by atoms with Gasteiger partial charge in [0.1, 0.15) is 6.10 Å². The topological polar surface area (TPSA) is 84.3 Å². The van der Waals surface area contributed by atoms with Crippen LogP contribution in [0.15, 0.2) is 87.7 Å². The highest BCUT2D eigenvalue weighted by Crippen LogP contribution is 2.45. The highest BCUT2D eigenvalue weighted by molar-refractivity contribution is 7.09. The van der Waals surface area contributed by atoms with Crippen molar-refractivity contribution in [2.24, 2.45) is 0 Å². The van der Waals surface area contributed by atoms with Gasteiger partial charge in [-0.1, -0.05) is 81.4 Å². The molecular formula is C26H30N2O4Si. The van der Waals surface area contributed by atoms with E-state index in [-0.39, 0.29) is 11.6 Å². The highest BCUT2D eigenvalue weighted by atomic mass is 28.3. The van der Waals surface area contributed by atoms with Gasteiger partial charge in [0.25, 0.3) is 5.56 Å². The lowest BCUT2D eigenvalue weighted by Crippen LogP contribution is -2.67. The van der Waals surface area contributed by atoms with Crippen LogP contribution in [0.1, 0.15) is 32.6 Å². The molecule has 3 aromatic rings. The van der Waals surface area contributed by atoms with E-state index in [9.17, 15) is 14.7 Å². The number of aliphatic hydroxyl groups excluding tert-OH is 1. The zero-order valence-electron chi connectivity index (χ0n) is 19.4. The van der Waals surface area contributed by atoms with Crippen LogP contribution in [0, 0.1) is 6.92 Å². The van der Waals surface area contributed by atoms with Gasteiger partial charge in [-0.3, -0.25) is 14.3 Å². The Morgan fingerprint density at radius 1 is 1.00 bits per heavy atom. The van der Waals surface area contributed by atoms with Crippen LogP contribution in [0.2, 0.25) is 5.04 Å². The van der Waals surface area contributed by atoms with Gasteiger partial charge >= 0.3 is 5.69 Å². The van der Waals surface area contributed by atoms with E-state index in [1.165, 1.54) is 21.1 Å². The van der Waals surface area contributed by atoms with Crippen LogP contribution in [0.3, 0.4) is 0 Å². The first-order valence-electron chi connectivity index (χ1n) is 11.1. The third kappa shape index (κ3) is 3.86. The number of benzene rings is 2. The molecule has 0 fully saturated rings. The first kappa shape index (κ1) is 23.2. The second kappa shape index (κ2) is 8.74. The highest BCUT2D eigenvalue weighted by Gasteiger charge is 2.54. The molecule has 1 aliphatic heterocycles. The third-order valence-corrected chi connectivity index (χ3v) is 12.5. The van der Waals surface area contributed by atoms with E-state index in [0.717, 1.165) is 5.20 Å². The first-order valence-corrected chi connectivity index (χ1v) is 13.1. The van der Waals surface area contributed by atoms with E-state index in [4.69, 9.17) is 4.74 Å². The molecule has 1 aliphatic rings. The Bertz CT molecular complexity index is 1230. The Morgan fingerprint density at radius 2 is 1.55 bits per heavy atom. The van der Waals surface area contributed by atoms with Crippen molar-refractivity contribution in [3.63, 3.8) is 0 Å². The predicted molar refractivity (Wildman–Crippen MR) is 133 cm³/mol. The van der Waals surface area contributed by atoms with Crippen LogP contribution in [0.5, 0.6) is 0 Å². The second-order valence-electron chi connectivity index (χ2n) is 9.53. The Kier molecular flexibility index (Phi) is 6.13. The maximum absolute atomic E-state index is 12.6. The van der Waals surface area contributed by atoms with E-state index in [1.54, 1.807) is 6.92 Å². The number of aliphatic hydroxyl groups is 1. The number of nitrogens with zero attached hydrogens (tertiary/aromatic N) is 1. The average Bonchev–Trinajstić information content (AvgIpc) is 3.21. The zero-order valence-corrected chi connectivity index (χ0v) is 20.4. The minimum Gasteiger partial charge on any atom is -0.393 e. The molecule has 7 heteroatoms. The number of ether oxygens (including phenoxy) is 1. The van der Waals surface area contributed by atoms with Crippen molar-refractivity contribution in [3.8, 4) is 0 Å². The van der Waals surface area contributed by atoms with Crippen LogP contribution in [-0.2, 0) is 4.74 Å². The van der Waals surface area contributed by atoms with Crippen molar-refractivity contribution < 1.29 is 9.84 Å². The summed E-state index contributed by atoms with van der Waals surface area (Å²) in [6, 6.07) is 20.8. The van der Waals surface area contributed by atoms with Crippen LogP contribution < -0.4 is 21.6 Å². The van der Waals surface area contributed by atoms with Crippen LogP contribution in [-0.4, -0.2) is 35.4 Å². The van der Waals surface area contributed by atoms with Gasteiger partial charge in [0.2, 0.25) is 0 Å². The number of hydrogen-bond acceptors (Lipinski definition) is 4. The molecule has 33 heavy (non-hydrogen) atoms. The second-order valence-corrected chi connectivity index (χ2v) is 14.3. The number of aromatic amines is 1. The quantitative estimate of drug-likeness (QED) is 0.570. The molecular weight excluding hydrogens is 432 g/mol. The molecule has 0 saturated carbocycles. The van der Waals surface area contributed by atoms with Crippen molar-refractivity contribution in [1.29, 1.82) is 0 Å². The van der Waals surface area contributed by atoms with Gasteiger partial charge in [-0.25, -0.2) is 4.79 Å². The maximum atomic E-state index is 12.6. The Hall–Kier alpha value is -3.00. The van der Waals surface area contributed by atoms with Crippen molar-refractivity contribution in [1.82, 2.24) is 9.55 Å². The molecule has 2 heterocycles. The van der Waals surface area contributed by atoms with E-state index >= 15 is 0 Å². The van der Waals surface area contributed by atoms with Crippen molar-refractivity contribution in [2.45, 2.75) is 45.1 Å². The Labute approximate surface area is 194 Å². The van der Waals surface area contributed by atoms with Crippen molar-refractivity contribution >= 4 is 18.4 Å². The molecule has 172 valence electrons. The summed E-state index contributed by atoms with van der Waals surface area (Å²) in [5.41, 5.74) is -0.526. The van der Waals surface area contributed by atoms with Crippen LogP contribution in [0.25, 0.3) is 0 Å². The molecule has 0 saturated heterocycles. The Morgan fingerprint density at radius 3 is 2.03 bits per heavy atom. The molecule has 6 nitrogen and oxygen atoms in total. The van der Waals surface area contributed by atoms with E-state index in [0.29, 0.717) is 5.56 Å². The van der Waals surface area contributed by atoms with Gasteiger partial charge in [-0.2, -0.15) is 0 Å². The SMILES string of the molecule is Cc1cn([C@H]2C=C([Si](c3ccccc3)(c3ccccc3)C(C)(C)C)[C@@H](CO)O2)c(=O)[nH]c1=O. The molecule has 0 spiro atoms. The van der Waals surface area contributed by atoms with E-state index in [1.807, 2.05) is 42.5 Å². The summed E-state index contributed by atoms with van der Waals surface area (Å²) in [7, 11) is -2.73. The fraction of sp³-hybridized carbons (Fsp3) is 0.308. The molecule has 0 aliphatic carbocycles. The minimum absolute atomic E-state index is 0.181. The molecule has 4 rings (SSSR count). The zero-order chi connectivity index (χ0) is 23.8. The fourth-order valence-corrected chi connectivity index (χ4v) is 11.2. The molecule has 2 atom stereocenters. The molecule has 0 radical (unpaired) electrons. The van der Waals surface area contributed by atoms with Gasteiger partial charge in [0.05, 0.1) is 6.61 Å². The maximum Gasteiger partial charge on any atom is 0.330 e. The number of aromatic nitrogens is 2. The third-order valence-electron chi connectivity index (χ3n) is 6.53. The molecule has 0 unspecified atom stereocenters. The van der Waals surface area contributed by atoms with Gasteiger partial charge < -0.3 is 9.84 Å². The number of rotatable bonds is 5. The monoisotopic (exact) mass is 462 g/mol. The number of H-pyrrole nitrogens is 1. The molecule has 2 N–H and O–H groups in total. The van der Waals surface area contributed by atoms with Crippen LogP contribution >= 0.6 is 0 Å². The molecule has 2 aromatic carbocycles. The average molecular weight is 463 g/mol. The summed E-state index contributed by atoms with van der Waals surface area (Å²) in [6.07, 6.45) is 2.21. The van der Waals surface area contributed by atoms with E-state index in [2.05, 4.69) is 50.0 Å². The van der Waals surface area contributed by atoms with Gasteiger partial charge in [0.15, 0.2) is 14.3 Å². The van der Waals surface area contributed by atoms with Crippen LogP contribution in [0.4, 0.5) is 0 Å².